The van der Waals surface area contributed by atoms with Crippen LogP contribution in [0, 0.1) is 0 Å². The number of aromatic nitrogens is 3. The van der Waals surface area contributed by atoms with Gasteiger partial charge in [0.05, 0.1) is 23.8 Å². The van der Waals surface area contributed by atoms with Crippen LogP contribution in [0.2, 0.25) is 0 Å². The van der Waals surface area contributed by atoms with E-state index in [1.807, 2.05) is 13.0 Å². The first kappa shape index (κ1) is 13.1. The van der Waals surface area contributed by atoms with Gasteiger partial charge in [-0.3, -0.25) is 9.78 Å². The molecule has 19 heavy (non-hydrogen) atoms. The summed E-state index contributed by atoms with van der Waals surface area (Å²) in [5, 5.41) is 7.45. The Kier molecular flexibility index (Phi) is 3.79. The summed E-state index contributed by atoms with van der Waals surface area (Å²) in [6.07, 6.45) is 5.21. The van der Waals surface area contributed by atoms with Gasteiger partial charge in [-0.2, -0.15) is 5.10 Å². The molecule has 0 unspecified atom stereocenters. The third-order valence-electron chi connectivity index (χ3n) is 2.58. The maximum atomic E-state index is 11.8. The molecular formula is C13H17N5O. The van der Waals surface area contributed by atoms with Crippen molar-refractivity contribution in [3.05, 3.63) is 36.4 Å². The van der Waals surface area contributed by atoms with Crippen LogP contribution in [0.15, 0.2) is 30.7 Å². The molecule has 1 amide bonds. The van der Waals surface area contributed by atoms with Gasteiger partial charge >= 0.3 is 0 Å². The summed E-state index contributed by atoms with van der Waals surface area (Å²) in [4.78, 5) is 17.4. The Morgan fingerprint density at radius 1 is 1.42 bits per heavy atom. The Morgan fingerprint density at radius 2 is 2.21 bits per heavy atom. The number of hydrogen-bond acceptors (Lipinski definition) is 4. The molecule has 2 aromatic heterocycles. The first-order chi connectivity index (χ1) is 9.11. The van der Waals surface area contributed by atoms with E-state index in [4.69, 9.17) is 0 Å². The van der Waals surface area contributed by atoms with E-state index in [1.165, 1.54) is 4.90 Å². The zero-order chi connectivity index (χ0) is 13.8. The Hall–Kier alpha value is -2.37. The molecule has 0 bridgehead atoms. The number of amides is 1. The molecule has 0 saturated carbocycles. The molecular weight excluding hydrogens is 242 g/mol. The standard InChI is InChI=1S/C13H17N5O/c1-4-15-10-7-11(9-14-8-10)18-6-5-12(16-18)13(19)17(2)3/h5-9,15H,4H2,1-3H3. The second kappa shape index (κ2) is 5.51. The highest BCUT2D eigenvalue weighted by Gasteiger charge is 2.12. The van der Waals surface area contributed by atoms with Crippen LogP contribution in [0.4, 0.5) is 5.69 Å². The summed E-state index contributed by atoms with van der Waals surface area (Å²) in [7, 11) is 3.41. The first-order valence-electron chi connectivity index (χ1n) is 6.08. The van der Waals surface area contributed by atoms with E-state index < -0.39 is 0 Å². The molecule has 0 aliphatic rings. The largest absolute Gasteiger partial charge is 0.384 e. The first-order valence-corrected chi connectivity index (χ1v) is 6.08. The highest BCUT2D eigenvalue weighted by atomic mass is 16.2. The van der Waals surface area contributed by atoms with Gasteiger partial charge in [-0.25, -0.2) is 4.68 Å². The lowest BCUT2D eigenvalue weighted by Gasteiger charge is -2.07. The summed E-state index contributed by atoms with van der Waals surface area (Å²) in [5.41, 5.74) is 2.16. The van der Waals surface area contributed by atoms with Crippen molar-refractivity contribution in [1.82, 2.24) is 19.7 Å². The molecule has 0 saturated heterocycles. The minimum Gasteiger partial charge on any atom is -0.384 e. The number of pyridine rings is 1. The predicted octanol–water partition coefficient (Wildman–Crippen LogP) is 1.40. The van der Waals surface area contributed by atoms with Crippen molar-refractivity contribution in [2.75, 3.05) is 26.0 Å². The van der Waals surface area contributed by atoms with Crippen LogP contribution < -0.4 is 5.32 Å². The van der Waals surface area contributed by atoms with Crippen LogP contribution in [-0.4, -0.2) is 46.2 Å². The SMILES string of the molecule is CCNc1cncc(-n2ccc(C(=O)N(C)C)n2)c1. The highest BCUT2D eigenvalue weighted by molar-refractivity contribution is 5.91. The fourth-order valence-corrected chi connectivity index (χ4v) is 1.66. The van der Waals surface area contributed by atoms with Crippen LogP contribution >= 0.6 is 0 Å². The van der Waals surface area contributed by atoms with E-state index in [1.54, 1.807) is 43.4 Å². The molecule has 2 heterocycles. The number of carbonyl (C=O) groups excluding carboxylic acids is 1. The second-order valence-electron chi connectivity index (χ2n) is 4.31. The van der Waals surface area contributed by atoms with Crippen LogP contribution in [0.3, 0.4) is 0 Å². The summed E-state index contributed by atoms with van der Waals surface area (Å²) in [6, 6.07) is 3.63. The van der Waals surface area contributed by atoms with Gasteiger partial charge in [0.15, 0.2) is 5.69 Å². The summed E-state index contributed by atoms with van der Waals surface area (Å²) in [5.74, 6) is -0.116. The van der Waals surface area contributed by atoms with Gasteiger partial charge in [0, 0.05) is 26.8 Å². The molecule has 0 radical (unpaired) electrons. The van der Waals surface area contributed by atoms with Crippen molar-refractivity contribution < 1.29 is 4.79 Å². The van der Waals surface area contributed by atoms with Gasteiger partial charge in [-0.1, -0.05) is 0 Å². The third-order valence-corrected chi connectivity index (χ3v) is 2.58. The average molecular weight is 259 g/mol. The van der Waals surface area contributed by atoms with Crippen LogP contribution in [0.1, 0.15) is 17.4 Å². The molecule has 0 atom stereocenters. The van der Waals surface area contributed by atoms with E-state index in [-0.39, 0.29) is 5.91 Å². The second-order valence-corrected chi connectivity index (χ2v) is 4.31. The normalized spacial score (nSPS) is 10.3. The summed E-state index contributed by atoms with van der Waals surface area (Å²) in [6.45, 7) is 2.85. The van der Waals surface area contributed by atoms with Gasteiger partial charge in [0.2, 0.25) is 0 Å². The van der Waals surface area contributed by atoms with Crippen molar-refractivity contribution in [2.45, 2.75) is 6.92 Å². The number of rotatable bonds is 4. The zero-order valence-electron chi connectivity index (χ0n) is 11.3. The maximum absolute atomic E-state index is 11.8. The van der Waals surface area contributed by atoms with E-state index >= 15 is 0 Å². The highest BCUT2D eigenvalue weighted by Crippen LogP contribution is 2.12. The molecule has 6 nitrogen and oxygen atoms in total. The fraction of sp³-hybridized carbons (Fsp3) is 0.308. The van der Waals surface area contributed by atoms with Gasteiger partial charge in [0.25, 0.3) is 5.91 Å². The van der Waals surface area contributed by atoms with Crippen molar-refractivity contribution in [3.8, 4) is 5.69 Å². The van der Waals surface area contributed by atoms with Gasteiger partial charge < -0.3 is 10.2 Å². The van der Waals surface area contributed by atoms with Gasteiger partial charge in [-0.15, -0.1) is 0 Å². The molecule has 6 heteroatoms. The number of carbonyl (C=O) groups is 1. The van der Waals surface area contributed by atoms with Crippen molar-refractivity contribution >= 4 is 11.6 Å². The van der Waals surface area contributed by atoms with Crippen molar-refractivity contribution in [2.24, 2.45) is 0 Å². The Bertz CT molecular complexity index is 576. The van der Waals surface area contributed by atoms with Crippen LogP contribution in [0.5, 0.6) is 0 Å². The molecule has 1 N–H and O–H groups in total. The number of nitrogens with one attached hydrogen (secondary N) is 1. The molecule has 0 aliphatic heterocycles. The van der Waals surface area contributed by atoms with Gasteiger partial charge in [-0.05, 0) is 19.1 Å². The van der Waals surface area contributed by atoms with E-state index in [2.05, 4.69) is 15.4 Å². The van der Waals surface area contributed by atoms with E-state index in [0.29, 0.717) is 5.69 Å². The van der Waals surface area contributed by atoms with Crippen LogP contribution in [-0.2, 0) is 0 Å². The lowest BCUT2D eigenvalue weighted by molar-refractivity contribution is 0.0821. The Labute approximate surface area is 112 Å². The average Bonchev–Trinajstić information content (AvgIpc) is 2.88. The van der Waals surface area contributed by atoms with E-state index in [9.17, 15) is 4.79 Å². The van der Waals surface area contributed by atoms with Gasteiger partial charge in [0.1, 0.15) is 0 Å². The van der Waals surface area contributed by atoms with Crippen LogP contribution in [0.25, 0.3) is 5.69 Å². The summed E-state index contributed by atoms with van der Waals surface area (Å²) < 4.78 is 1.64. The minimum atomic E-state index is -0.116. The molecule has 0 aliphatic carbocycles. The molecule has 0 aromatic carbocycles. The lowest BCUT2D eigenvalue weighted by atomic mass is 10.3. The quantitative estimate of drug-likeness (QED) is 0.901. The monoisotopic (exact) mass is 259 g/mol. The predicted molar refractivity (Wildman–Crippen MR) is 73.5 cm³/mol. The zero-order valence-corrected chi connectivity index (χ0v) is 11.3. The maximum Gasteiger partial charge on any atom is 0.273 e. The topological polar surface area (TPSA) is 63.1 Å². The van der Waals surface area contributed by atoms with E-state index in [0.717, 1.165) is 17.9 Å². The number of nitrogens with zero attached hydrogens (tertiary/aromatic N) is 4. The molecule has 2 rings (SSSR count). The molecule has 0 fully saturated rings. The Balaban J connectivity index is 2.27. The van der Waals surface area contributed by atoms with Crippen molar-refractivity contribution in [1.29, 1.82) is 0 Å². The number of hydrogen-bond donors (Lipinski definition) is 1. The fourth-order valence-electron chi connectivity index (χ4n) is 1.66. The van der Waals surface area contributed by atoms with Crippen molar-refractivity contribution in [3.63, 3.8) is 0 Å². The summed E-state index contributed by atoms with van der Waals surface area (Å²) >= 11 is 0. The lowest BCUT2D eigenvalue weighted by Crippen LogP contribution is -2.22. The third kappa shape index (κ3) is 2.90. The molecule has 100 valence electrons. The Morgan fingerprint density at radius 3 is 2.89 bits per heavy atom. The molecule has 0 spiro atoms. The number of anilines is 1. The molecule has 2 aromatic rings. The minimum absolute atomic E-state index is 0.116. The smallest absolute Gasteiger partial charge is 0.273 e.